The highest BCUT2D eigenvalue weighted by molar-refractivity contribution is 5.82. The van der Waals surface area contributed by atoms with Crippen LogP contribution in [0, 0.1) is 0 Å². The average Bonchev–Trinajstić information content (AvgIpc) is 2.69. The molecule has 1 aromatic carbocycles. The van der Waals surface area contributed by atoms with Crippen molar-refractivity contribution >= 4 is 5.91 Å². The number of ether oxygens (including phenoxy) is 3. The van der Waals surface area contributed by atoms with Gasteiger partial charge in [0.2, 0.25) is 12.0 Å². The van der Waals surface area contributed by atoms with Gasteiger partial charge in [-0.25, -0.2) is 4.98 Å². The molecule has 1 aliphatic carbocycles. The number of nitrogens with one attached hydrogen (secondary N) is 1. The molecule has 1 amide bonds. The molecule has 0 saturated heterocycles. The number of hydrogen-bond donors (Lipinski definition) is 1. The Bertz CT molecular complexity index is 775. The summed E-state index contributed by atoms with van der Waals surface area (Å²) in [6.07, 6.45) is 4.44. The summed E-state index contributed by atoms with van der Waals surface area (Å²) in [6, 6.07) is 13.2. The third-order valence-electron chi connectivity index (χ3n) is 5.05. The third-order valence-corrected chi connectivity index (χ3v) is 5.05. The van der Waals surface area contributed by atoms with Gasteiger partial charge < -0.3 is 19.5 Å². The number of nitrogens with zero attached hydrogens (tertiary/aromatic N) is 1. The van der Waals surface area contributed by atoms with Crippen LogP contribution in [-0.4, -0.2) is 35.2 Å². The number of benzene rings is 1. The second-order valence-corrected chi connectivity index (χ2v) is 7.08. The molecule has 0 radical (unpaired) electrons. The lowest BCUT2D eigenvalue weighted by Gasteiger charge is -2.34. The Morgan fingerprint density at radius 3 is 2.44 bits per heavy atom. The highest BCUT2D eigenvalue weighted by Crippen LogP contribution is 2.33. The smallest absolute Gasteiger partial charge is 0.265 e. The monoisotopic (exact) mass is 368 g/mol. The van der Waals surface area contributed by atoms with Gasteiger partial charge in [0.1, 0.15) is 12.2 Å². The van der Waals surface area contributed by atoms with Crippen molar-refractivity contribution in [1.29, 1.82) is 0 Å². The molecule has 4 rings (SSSR count). The number of fused-ring (bicyclic) bond motifs is 1. The maximum absolute atomic E-state index is 12.7. The Kier molecular flexibility index (Phi) is 5.14. The van der Waals surface area contributed by atoms with Crippen LogP contribution in [0.25, 0.3) is 0 Å². The minimum absolute atomic E-state index is 0.119. The predicted molar refractivity (Wildman–Crippen MR) is 100.0 cm³/mol. The summed E-state index contributed by atoms with van der Waals surface area (Å²) in [4.78, 5) is 16.9. The van der Waals surface area contributed by atoms with Crippen molar-refractivity contribution < 1.29 is 19.0 Å². The minimum Gasteiger partial charge on any atom is -0.482 e. The quantitative estimate of drug-likeness (QED) is 0.898. The number of pyridine rings is 1. The summed E-state index contributed by atoms with van der Waals surface area (Å²) in [5.74, 6) is 1.83. The summed E-state index contributed by atoms with van der Waals surface area (Å²) in [5, 5.41) is 3.12. The van der Waals surface area contributed by atoms with Crippen LogP contribution < -0.4 is 19.5 Å². The van der Waals surface area contributed by atoms with Crippen LogP contribution in [0.15, 0.2) is 48.7 Å². The zero-order valence-corrected chi connectivity index (χ0v) is 15.3. The summed E-state index contributed by atoms with van der Waals surface area (Å²) >= 11 is 0. The van der Waals surface area contributed by atoms with E-state index < -0.39 is 6.10 Å². The molecule has 1 aromatic heterocycles. The maximum Gasteiger partial charge on any atom is 0.265 e. The highest BCUT2D eigenvalue weighted by Gasteiger charge is 2.35. The number of carbonyl (C=O) groups excluding carboxylic acids is 1. The van der Waals surface area contributed by atoms with Gasteiger partial charge in [0.25, 0.3) is 5.91 Å². The molecule has 2 heterocycles. The molecule has 2 unspecified atom stereocenters. The normalized spacial score (nSPS) is 26.9. The number of amides is 1. The minimum atomic E-state index is -0.637. The van der Waals surface area contributed by atoms with Crippen LogP contribution in [0.4, 0.5) is 0 Å². The topological polar surface area (TPSA) is 69.7 Å². The summed E-state index contributed by atoms with van der Waals surface area (Å²) in [7, 11) is 0. The van der Waals surface area contributed by atoms with E-state index in [4.69, 9.17) is 14.2 Å². The zero-order valence-electron chi connectivity index (χ0n) is 15.3. The fourth-order valence-corrected chi connectivity index (χ4v) is 3.60. The summed E-state index contributed by atoms with van der Waals surface area (Å²) in [5.41, 5.74) is 0. The number of hydrogen-bond acceptors (Lipinski definition) is 5. The van der Waals surface area contributed by atoms with E-state index in [0.29, 0.717) is 17.4 Å². The molecule has 2 aromatic rings. The van der Waals surface area contributed by atoms with Crippen LogP contribution in [0.1, 0.15) is 32.6 Å². The van der Waals surface area contributed by atoms with Crippen molar-refractivity contribution in [2.75, 3.05) is 0 Å². The van der Waals surface area contributed by atoms with Crippen molar-refractivity contribution in [1.82, 2.24) is 10.3 Å². The Labute approximate surface area is 158 Å². The Balaban J connectivity index is 1.28. The Hall–Kier alpha value is -2.76. The fourth-order valence-electron chi connectivity index (χ4n) is 3.60. The first-order valence-electron chi connectivity index (χ1n) is 9.49. The first-order valence-corrected chi connectivity index (χ1v) is 9.49. The van der Waals surface area contributed by atoms with Gasteiger partial charge in [0, 0.05) is 18.3 Å². The van der Waals surface area contributed by atoms with E-state index in [1.54, 1.807) is 6.20 Å². The SMILES string of the molecule is CC1Oc2ccccc2OC1C(=O)NC1CCC(Oc2ccccn2)CC1. The van der Waals surface area contributed by atoms with Crippen LogP contribution in [0.5, 0.6) is 17.4 Å². The summed E-state index contributed by atoms with van der Waals surface area (Å²) in [6.45, 7) is 1.86. The average molecular weight is 368 g/mol. The molecule has 1 N–H and O–H groups in total. The van der Waals surface area contributed by atoms with Crippen molar-refractivity contribution in [2.24, 2.45) is 0 Å². The van der Waals surface area contributed by atoms with Crippen LogP contribution >= 0.6 is 0 Å². The Morgan fingerprint density at radius 2 is 1.74 bits per heavy atom. The predicted octanol–water partition coefficient (Wildman–Crippen LogP) is 3.12. The van der Waals surface area contributed by atoms with Gasteiger partial charge in [-0.3, -0.25) is 4.79 Å². The van der Waals surface area contributed by atoms with Gasteiger partial charge in [-0.1, -0.05) is 18.2 Å². The summed E-state index contributed by atoms with van der Waals surface area (Å²) < 4.78 is 17.6. The molecule has 0 spiro atoms. The molecule has 0 bridgehead atoms. The maximum atomic E-state index is 12.7. The van der Waals surface area contributed by atoms with Gasteiger partial charge in [-0.2, -0.15) is 0 Å². The number of para-hydroxylation sites is 2. The second kappa shape index (κ2) is 7.86. The number of carbonyl (C=O) groups is 1. The van der Waals surface area contributed by atoms with Gasteiger partial charge in [-0.05, 0) is 50.8 Å². The fraction of sp³-hybridized carbons (Fsp3) is 0.429. The lowest BCUT2D eigenvalue weighted by molar-refractivity contribution is -0.134. The molecule has 1 aliphatic heterocycles. The molecule has 27 heavy (non-hydrogen) atoms. The zero-order chi connectivity index (χ0) is 18.6. The molecule has 1 fully saturated rings. The molecule has 6 nitrogen and oxygen atoms in total. The van der Waals surface area contributed by atoms with Crippen molar-refractivity contribution in [3.63, 3.8) is 0 Å². The van der Waals surface area contributed by atoms with E-state index in [-0.39, 0.29) is 24.2 Å². The van der Waals surface area contributed by atoms with Gasteiger partial charge >= 0.3 is 0 Å². The molecular weight excluding hydrogens is 344 g/mol. The molecule has 142 valence electrons. The van der Waals surface area contributed by atoms with E-state index in [0.717, 1.165) is 25.7 Å². The first-order chi connectivity index (χ1) is 13.2. The van der Waals surface area contributed by atoms with E-state index in [1.807, 2.05) is 49.4 Å². The molecule has 6 heteroatoms. The highest BCUT2D eigenvalue weighted by atomic mass is 16.6. The molecule has 2 aliphatic rings. The lowest BCUT2D eigenvalue weighted by Crippen LogP contribution is -2.52. The third kappa shape index (κ3) is 4.15. The number of rotatable bonds is 4. The van der Waals surface area contributed by atoms with E-state index in [1.165, 1.54) is 0 Å². The first kappa shape index (κ1) is 17.6. The molecular formula is C21H24N2O4. The van der Waals surface area contributed by atoms with Gasteiger partial charge in [0.15, 0.2) is 11.5 Å². The number of aromatic nitrogens is 1. The van der Waals surface area contributed by atoms with Gasteiger partial charge in [-0.15, -0.1) is 0 Å². The van der Waals surface area contributed by atoms with Crippen LogP contribution in [-0.2, 0) is 4.79 Å². The largest absolute Gasteiger partial charge is 0.482 e. The van der Waals surface area contributed by atoms with Crippen molar-refractivity contribution in [3.05, 3.63) is 48.7 Å². The van der Waals surface area contributed by atoms with E-state index in [2.05, 4.69) is 10.3 Å². The van der Waals surface area contributed by atoms with Crippen molar-refractivity contribution in [2.45, 2.75) is 57.0 Å². The standard InChI is InChI=1S/C21H24N2O4/c1-14-20(27-18-7-3-2-6-17(18)25-14)21(24)23-15-9-11-16(12-10-15)26-19-8-4-5-13-22-19/h2-8,13-16,20H,9-12H2,1H3,(H,23,24). The van der Waals surface area contributed by atoms with E-state index >= 15 is 0 Å². The van der Waals surface area contributed by atoms with Gasteiger partial charge in [0.05, 0.1) is 0 Å². The molecule has 1 saturated carbocycles. The Morgan fingerprint density at radius 1 is 1.04 bits per heavy atom. The van der Waals surface area contributed by atoms with E-state index in [9.17, 15) is 4.79 Å². The van der Waals surface area contributed by atoms with Crippen LogP contribution in [0.3, 0.4) is 0 Å². The lowest BCUT2D eigenvalue weighted by atomic mass is 9.92. The molecule has 2 atom stereocenters. The van der Waals surface area contributed by atoms with Crippen LogP contribution in [0.2, 0.25) is 0 Å². The van der Waals surface area contributed by atoms with Crippen molar-refractivity contribution in [3.8, 4) is 17.4 Å². The second-order valence-electron chi connectivity index (χ2n) is 7.08.